The van der Waals surface area contributed by atoms with Gasteiger partial charge in [-0.25, -0.2) is 0 Å². The van der Waals surface area contributed by atoms with Gasteiger partial charge in [0.05, 0.1) is 19.8 Å². The van der Waals surface area contributed by atoms with E-state index in [1.54, 1.807) is 7.11 Å². The van der Waals surface area contributed by atoms with Crippen molar-refractivity contribution in [3.63, 3.8) is 0 Å². The fraction of sp³-hybridized carbons (Fsp3) is 0.576. The summed E-state index contributed by atoms with van der Waals surface area (Å²) in [5.74, 6) is 0.916. The summed E-state index contributed by atoms with van der Waals surface area (Å²) < 4.78 is 11.4. The first-order valence-corrected chi connectivity index (χ1v) is 15.0. The Balaban J connectivity index is 1.32. The molecule has 0 unspecified atom stereocenters. The standard InChI is InChI=1S/C33H48N2O4/c1-3-4-21-34-32(36)20-11-9-7-5-6-8-10-14-22-39-26-30-23-27-16-12-13-17-29(27)25-35(30)33(37)28-18-15-19-31(24-28)38-2/h12-13,15-19,24,30H,3-11,14,20-23,25-26H2,1-2H3,(H,34,36)/t30-/m0/s1. The minimum atomic E-state index is 0.0207. The monoisotopic (exact) mass is 536 g/mol. The van der Waals surface area contributed by atoms with Crippen molar-refractivity contribution in [1.29, 1.82) is 0 Å². The van der Waals surface area contributed by atoms with E-state index in [9.17, 15) is 9.59 Å². The van der Waals surface area contributed by atoms with Gasteiger partial charge in [-0.3, -0.25) is 9.59 Å². The minimum absolute atomic E-state index is 0.0207. The van der Waals surface area contributed by atoms with E-state index in [1.165, 1.54) is 43.2 Å². The molecule has 0 fully saturated rings. The molecule has 39 heavy (non-hydrogen) atoms. The Morgan fingerprint density at radius 1 is 0.897 bits per heavy atom. The first kappa shape index (κ1) is 30.7. The maximum absolute atomic E-state index is 13.5. The first-order valence-electron chi connectivity index (χ1n) is 15.0. The van der Waals surface area contributed by atoms with Crippen molar-refractivity contribution in [3.05, 3.63) is 65.2 Å². The third-order valence-corrected chi connectivity index (χ3v) is 7.54. The molecule has 6 nitrogen and oxygen atoms in total. The Hall–Kier alpha value is -2.86. The molecule has 0 aliphatic carbocycles. The average molecular weight is 537 g/mol. The molecule has 0 spiro atoms. The second-order valence-electron chi connectivity index (χ2n) is 10.6. The van der Waals surface area contributed by atoms with Crippen LogP contribution >= 0.6 is 0 Å². The number of carbonyl (C=O) groups excluding carboxylic acids is 2. The zero-order valence-corrected chi connectivity index (χ0v) is 24.1. The summed E-state index contributed by atoms with van der Waals surface area (Å²) in [4.78, 5) is 27.2. The van der Waals surface area contributed by atoms with Crippen molar-refractivity contribution < 1.29 is 19.1 Å². The smallest absolute Gasteiger partial charge is 0.254 e. The van der Waals surface area contributed by atoms with E-state index >= 15 is 0 Å². The highest BCUT2D eigenvalue weighted by Gasteiger charge is 2.30. The lowest BCUT2D eigenvalue weighted by atomic mass is 9.93. The summed E-state index contributed by atoms with van der Waals surface area (Å²) in [6.07, 6.45) is 12.9. The molecule has 6 heteroatoms. The van der Waals surface area contributed by atoms with Crippen LogP contribution in [0.25, 0.3) is 0 Å². The number of ether oxygens (including phenoxy) is 2. The maximum Gasteiger partial charge on any atom is 0.254 e. The summed E-state index contributed by atoms with van der Waals surface area (Å²) in [5, 5.41) is 2.99. The van der Waals surface area contributed by atoms with Crippen LogP contribution in [-0.2, 0) is 22.5 Å². The van der Waals surface area contributed by atoms with E-state index in [-0.39, 0.29) is 17.9 Å². The summed E-state index contributed by atoms with van der Waals surface area (Å²) in [6, 6.07) is 15.8. The van der Waals surface area contributed by atoms with Gasteiger partial charge in [0.25, 0.3) is 5.91 Å². The van der Waals surface area contributed by atoms with E-state index in [1.807, 2.05) is 35.2 Å². The predicted octanol–water partition coefficient (Wildman–Crippen LogP) is 6.71. The molecule has 1 atom stereocenters. The Labute approximate surface area is 235 Å². The van der Waals surface area contributed by atoms with Gasteiger partial charge >= 0.3 is 0 Å². The lowest BCUT2D eigenvalue weighted by Crippen LogP contribution is -2.46. The van der Waals surface area contributed by atoms with Crippen LogP contribution in [0.15, 0.2) is 48.5 Å². The molecular formula is C33H48N2O4. The molecule has 1 aliphatic heterocycles. The SMILES string of the molecule is CCCCNC(=O)CCCCCCCCCCOC[C@@H]1Cc2ccccc2CN1C(=O)c1cccc(OC)c1. The lowest BCUT2D eigenvalue weighted by molar-refractivity contribution is -0.121. The number of nitrogens with zero attached hydrogens (tertiary/aromatic N) is 1. The molecule has 3 rings (SSSR count). The molecule has 1 aliphatic rings. The molecule has 2 aromatic rings. The Morgan fingerprint density at radius 2 is 1.62 bits per heavy atom. The number of methoxy groups -OCH3 is 1. The Kier molecular flexibility index (Phi) is 13.9. The van der Waals surface area contributed by atoms with Crippen LogP contribution in [0.5, 0.6) is 5.75 Å². The highest BCUT2D eigenvalue weighted by molar-refractivity contribution is 5.95. The van der Waals surface area contributed by atoms with Crippen LogP contribution in [0, 0.1) is 0 Å². The van der Waals surface area contributed by atoms with E-state index < -0.39 is 0 Å². The average Bonchev–Trinajstić information content (AvgIpc) is 2.97. The number of amides is 2. The number of fused-ring (bicyclic) bond motifs is 1. The highest BCUT2D eigenvalue weighted by atomic mass is 16.5. The van der Waals surface area contributed by atoms with Gasteiger partial charge in [0.2, 0.25) is 5.91 Å². The van der Waals surface area contributed by atoms with Crippen LogP contribution < -0.4 is 10.1 Å². The number of hydrogen-bond acceptors (Lipinski definition) is 4. The van der Waals surface area contributed by atoms with Gasteiger partial charge in [-0.2, -0.15) is 0 Å². The molecule has 2 amide bonds. The highest BCUT2D eigenvalue weighted by Crippen LogP contribution is 2.26. The molecule has 2 aromatic carbocycles. The largest absolute Gasteiger partial charge is 0.497 e. The lowest BCUT2D eigenvalue weighted by Gasteiger charge is -2.37. The molecule has 0 aromatic heterocycles. The molecule has 1 heterocycles. The molecular weight excluding hydrogens is 488 g/mol. The summed E-state index contributed by atoms with van der Waals surface area (Å²) in [7, 11) is 1.62. The Bertz CT molecular complexity index is 1010. The molecule has 0 radical (unpaired) electrons. The summed E-state index contributed by atoms with van der Waals surface area (Å²) in [6.45, 7) is 4.83. The minimum Gasteiger partial charge on any atom is -0.497 e. The van der Waals surface area contributed by atoms with Gasteiger partial charge in [-0.05, 0) is 55.0 Å². The maximum atomic E-state index is 13.5. The van der Waals surface area contributed by atoms with Crippen molar-refractivity contribution in [2.75, 3.05) is 26.9 Å². The Morgan fingerprint density at radius 3 is 2.36 bits per heavy atom. The summed E-state index contributed by atoms with van der Waals surface area (Å²) in [5.41, 5.74) is 3.16. The van der Waals surface area contributed by atoms with Gasteiger partial charge in [-0.15, -0.1) is 0 Å². The zero-order valence-electron chi connectivity index (χ0n) is 24.1. The third-order valence-electron chi connectivity index (χ3n) is 7.54. The van der Waals surface area contributed by atoms with Crippen LogP contribution in [0.2, 0.25) is 0 Å². The zero-order chi connectivity index (χ0) is 27.7. The number of carbonyl (C=O) groups is 2. The van der Waals surface area contributed by atoms with E-state index in [4.69, 9.17) is 9.47 Å². The second kappa shape index (κ2) is 17.7. The van der Waals surface area contributed by atoms with Gasteiger partial charge < -0.3 is 19.7 Å². The van der Waals surface area contributed by atoms with Crippen LogP contribution in [0.1, 0.15) is 99.0 Å². The van der Waals surface area contributed by atoms with E-state index in [2.05, 4.69) is 30.4 Å². The van der Waals surface area contributed by atoms with Gasteiger partial charge in [-0.1, -0.05) is 82.2 Å². The number of nitrogens with one attached hydrogen (secondary N) is 1. The second-order valence-corrected chi connectivity index (χ2v) is 10.6. The number of rotatable bonds is 18. The molecule has 214 valence electrons. The number of benzene rings is 2. The fourth-order valence-corrected chi connectivity index (χ4v) is 5.16. The van der Waals surface area contributed by atoms with Gasteiger partial charge in [0.15, 0.2) is 0 Å². The van der Waals surface area contributed by atoms with Gasteiger partial charge in [0.1, 0.15) is 5.75 Å². The normalized spacial score (nSPS) is 14.6. The molecule has 0 bridgehead atoms. The van der Waals surface area contributed by atoms with Crippen LogP contribution in [0.4, 0.5) is 0 Å². The van der Waals surface area contributed by atoms with E-state index in [0.717, 1.165) is 51.7 Å². The molecule has 0 saturated carbocycles. The quantitative estimate of drug-likeness (QED) is 0.215. The van der Waals surface area contributed by atoms with Crippen molar-refractivity contribution in [1.82, 2.24) is 10.2 Å². The van der Waals surface area contributed by atoms with Crippen molar-refractivity contribution in [2.45, 2.75) is 96.6 Å². The van der Waals surface area contributed by atoms with Crippen molar-refractivity contribution in [2.24, 2.45) is 0 Å². The van der Waals surface area contributed by atoms with Crippen LogP contribution in [0.3, 0.4) is 0 Å². The number of unbranched alkanes of at least 4 members (excludes halogenated alkanes) is 8. The van der Waals surface area contributed by atoms with E-state index in [0.29, 0.717) is 30.9 Å². The molecule has 0 saturated heterocycles. The van der Waals surface area contributed by atoms with Gasteiger partial charge in [0, 0.05) is 31.7 Å². The number of hydrogen-bond donors (Lipinski definition) is 1. The van der Waals surface area contributed by atoms with Crippen molar-refractivity contribution >= 4 is 11.8 Å². The summed E-state index contributed by atoms with van der Waals surface area (Å²) >= 11 is 0. The van der Waals surface area contributed by atoms with Crippen molar-refractivity contribution in [3.8, 4) is 5.75 Å². The molecule has 1 N–H and O–H groups in total. The predicted molar refractivity (Wildman–Crippen MR) is 157 cm³/mol. The van der Waals surface area contributed by atoms with Crippen LogP contribution in [-0.4, -0.2) is 49.6 Å². The third kappa shape index (κ3) is 10.7. The fourth-order valence-electron chi connectivity index (χ4n) is 5.16. The topological polar surface area (TPSA) is 67.9 Å². The first-order chi connectivity index (χ1) is 19.1.